The molecule has 2 fully saturated rings. The van der Waals surface area contributed by atoms with Gasteiger partial charge in [0, 0.05) is 17.1 Å². The standard InChI is InChI=1S/C16H20BrNO/c17-14-9-3-2-8-13(14)16(19)18-11-5-7-12-6-1-4-10-15(12)18/h2-3,8-9,12,15H,1,4-7,10-11H2/t12-,15-/m1/s1. The molecule has 1 aliphatic heterocycles. The van der Waals surface area contributed by atoms with Crippen LogP contribution in [-0.4, -0.2) is 23.4 Å². The Morgan fingerprint density at radius 2 is 1.84 bits per heavy atom. The van der Waals surface area contributed by atoms with Gasteiger partial charge in [0.15, 0.2) is 0 Å². The zero-order chi connectivity index (χ0) is 13.2. The highest BCUT2D eigenvalue weighted by atomic mass is 79.9. The van der Waals surface area contributed by atoms with Crippen molar-refractivity contribution in [1.29, 1.82) is 0 Å². The Hall–Kier alpha value is -0.830. The molecule has 2 atom stereocenters. The highest BCUT2D eigenvalue weighted by Gasteiger charge is 2.36. The van der Waals surface area contributed by atoms with E-state index in [-0.39, 0.29) is 5.91 Å². The Labute approximate surface area is 123 Å². The molecule has 0 N–H and O–H groups in total. The molecule has 0 radical (unpaired) electrons. The largest absolute Gasteiger partial charge is 0.335 e. The molecule has 1 aromatic carbocycles. The van der Waals surface area contributed by atoms with Gasteiger partial charge in [-0.2, -0.15) is 0 Å². The molecule has 0 unspecified atom stereocenters. The van der Waals surface area contributed by atoms with Gasteiger partial charge < -0.3 is 4.90 Å². The van der Waals surface area contributed by atoms with Gasteiger partial charge in [-0.15, -0.1) is 0 Å². The van der Waals surface area contributed by atoms with Gasteiger partial charge in [-0.1, -0.05) is 25.0 Å². The average Bonchev–Trinajstić information content (AvgIpc) is 2.46. The SMILES string of the molecule is O=C(c1ccccc1Br)N1CCC[C@H]2CCCC[C@H]21. The van der Waals surface area contributed by atoms with Crippen LogP contribution in [-0.2, 0) is 0 Å². The summed E-state index contributed by atoms with van der Waals surface area (Å²) in [6.07, 6.45) is 7.60. The summed E-state index contributed by atoms with van der Waals surface area (Å²) < 4.78 is 0.915. The number of carbonyl (C=O) groups excluding carboxylic acids is 1. The van der Waals surface area contributed by atoms with Gasteiger partial charge in [0.05, 0.1) is 5.56 Å². The number of amides is 1. The third-order valence-electron chi connectivity index (χ3n) is 4.61. The zero-order valence-corrected chi connectivity index (χ0v) is 12.7. The van der Waals surface area contributed by atoms with Crippen molar-refractivity contribution in [3.05, 3.63) is 34.3 Å². The first-order valence-electron chi connectivity index (χ1n) is 7.33. The second-order valence-electron chi connectivity index (χ2n) is 5.73. The van der Waals surface area contributed by atoms with E-state index in [0.29, 0.717) is 6.04 Å². The normalized spacial score (nSPS) is 26.9. The number of piperidine rings is 1. The first kappa shape index (κ1) is 13.2. The number of hydrogen-bond donors (Lipinski definition) is 0. The lowest BCUT2D eigenvalue weighted by molar-refractivity contribution is 0.0390. The van der Waals surface area contributed by atoms with Gasteiger partial charge in [0.1, 0.15) is 0 Å². The minimum Gasteiger partial charge on any atom is -0.335 e. The summed E-state index contributed by atoms with van der Waals surface area (Å²) >= 11 is 3.50. The van der Waals surface area contributed by atoms with Crippen LogP contribution < -0.4 is 0 Å². The molecule has 1 aliphatic carbocycles. The third-order valence-corrected chi connectivity index (χ3v) is 5.30. The van der Waals surface area contributed by atoms with Crippen LogP contribution in [0, 0.1) is 5.92 Å². The molecular formula is C16H20BrNO. The molecule has 0 bridgehead atoms. The van der Waals surface area contributed by atoms with Crippen molar-refractivity contribution in [1.82, 2.24) is 4.90 Å². The molecule has 1 saturated heterocycles. The van der Waals surface area contributed by atoms with E-state index in [0.717, 1.165) is 28.9 Å². The van der Waals surface area contributed by atoms with E-state index in [4.69, 9.17) is 0 Å². The lowest BCUT2D eigenvalue weighted by Gasteiger charge is -2.44. The summed E-state index contributed by atoms with van der Waals surface area (Å²) in [7, 11) is 0. The summed E-state index contributed by atoms with van der Waals surface area (Å²) in [5, 5.41) is 0. The number of hydrogen-bond acceptors (Lipinski definition) is 1. The minimum absolute atomic E-state index is 0.212. The van der Waals surface area contributed by atoms with E-state index < -0.39 is 0 Å². The van der Waals surface area contributed by atoms with E-state index >= 15 is 0 Å². The summed E-state index contributed by atoms with van der Waals surface area (Å²) in [6, 6.07) is 8.27. The van der Waals surface area contributed by atoms with Crippen molar-refractivity contribution in [3.8, 4) is 0 Å². The molecule has 0 spiro atoms. The van der Waals surface area contributed by atoms with E-state index in [9.17, 15) is 4.79 Å². The number of rotatable bonds is 1. The number of fused-ring (bicyclic) bond motifs is 1. The van der Waals surface area contributed by atoms with E-state index in [1.54, 1.807) is 0 Å². The smallest absolute Gasteiger partial charge is 0.255 e. The fourth-order valence-electron chi connectivity index (χ4n) is 3.67. The van der Waals surface area contributed by atoms with Gasteiger partial charge >= 0.3 is 0 Å². The Morgan fingerprint density at radius 1 is 1.11 bits per heavy atom. The third kappa shape index (κ3) is 2.58. The van der Waals surface area contributed by atoms with Crippen LogP contribution >= 0.6 is 15.9 Å². The Kier molecular flexibility index (Phi) is 3.92. The molecule has 1 amide bonds. The van der Waals surface area contributed by atoms with Crippen LogP contribution in [0.5, 0.6) is 0 Å². The maximum Gasteiger partial charge on any atom is 0.255 e. The topological polar surface area (TPSA) is 20.3 Å². The van der Waals surface area contributed by atoms with Crippen molar-refractivity contribution in [3.63, 3.8) is 0 Å². The molecule has 19 heavy (non-hydrogen) atoms. The maximum absolute atomic E-state index is 12.8. The number of halogens is 1. The molecule has 1 heterocycles. The zero-order valence-electron chi connectivity index (χ0n) is 11.1. The number of carbonyl (C=O) groups is 1. The first-order chi connectivity index (χ1) is 9.27. The summed E-state index contributed by atoms with van der Waals surface area (Å²) in [5.74, 6) is 0.956. The number of benzene rings is 1. The monoisotopic (exact) mass is 321 g/mol. The van der Waals surface area contributed by atoms with Crippen molar-refractivity contribution < 1.29 is 4.79 Å². The van der Waals surface area contributed by atoms with Gasteiger partial charge in [-0.05, 0) is 59.7 Å². The predicted molar refractivity (Wildman–Crippen MR) is 80.2 cm³/mol. The highest BCUT2D eigenvalue weighted by molar-refractivity contribution is 9.10. The van der Waals surface area contributed by atoms with E-state index in [2.05, 4.69) is 20.8 Å². The van der Waals surface area contributed by atoms with Crippen molar-refractivity contribution in [2.45, 2.75) is 44.6 Å². The first-order valence-corrected chi connectivity index (χ1v) is 8.12. The second-order valence-corrected chi connectivity index (χ2v) is 6.59. The molecule has 0 aromatic heterocycles. The molecule has 2 aliphatic rings. The minimum atomic E-state index is 0.212. The average molecular weight is 322 g/mol. The Balaban J connectivity index is 1.84. The molecule has 1 saturated carbocycles. The molecular weight excluding hydrogens is 302 g/mol. The lowest BCUT2D eigenvalue weighted by Crippen LogP contribution is -2.49. The van der Waals surface area contributed by atoms with Gasteiger partial charge in [0.25, 0.3) is 5.91 Å². The Morgan fingerprint density at radius 3 is 2.68 bits per heavy atom. The molecule has 102 valence electrons. The maximum atomic E-state index is 12.8. The Bertz CT molecular complexity index is 472. The summed E-state index contributed by atoms with van der Waals surface area (Å²) in [5.41, 5.74) is 0.814. The van der Waals surface area contributed by atoms with Crippen LogP contribution in [0.15, 0.2) is 28.7 Å². The summed E-state index contributed by atoms with van der Waals surface area (Å²) in [4.78, 5) is 14.9. The van der Waals surface area contributed by atoms with Crippen LogP contribution in [0.2, 0.25) is 0 Å². The number of nitrogens with zero attached hydrogens (tertiary/aromatic N) is 1. The second kappa shape index (κ2) is 5.66. The van der Waals surface area contributed by atoms with Crippen LogP contribution in [0.4, 0.5) is 0 Å². The fraction of sp³-hybridized carbons (Fsp3) is 0.562. The van der Waals surface area contributed by atoms with Crippen molar-refractivity contribution in [2.24, 2.45) is 5.92 Å². The van der Waals surface area contributed by atoms with Gasteiger partial charge in [0.2, 0.25) is 0 Å². The van der Waals surface area contributed by atoms with E-state index in [1.165, 1.54) is 32.1 Å². The highest BCUT2D eigenvalue weighted by Crippen LogP contribution is 2.36. The van der Waals surface area contributed by atoms with Crippen LogP contribution in [0.25, 0.3) is 0 Å². The van der Waals surface area contributed by atoms with Crippen LogP contribution in [0.1, 0.15) is 48.9 Å². The van der Waals surface area contributed by atoms with Gasteiger partial charge in [-0.3, -0.25) is 4.79 Å². The van der Waals surface area contributed by atoms with Crippen molar-refractivity contribution >= 4 is 21.8 Å². The number of likely N-dealkylation sites (tertiary alicyclic amines) is 1. The molecule has 3 heteroatoms. The van der Waals surface area contributed by atoms with Crippen molar-refractivity contribution in [2.75, 3.05) is 6.54 Å². The fourth-order valence-corrected chi connectivity index (χ4v) is 4.12. The quantitative estimate of drug-likeness (QED) is 0.757. The lowest BCUT2D eigenvalue weighted by atomic mass is 9.78. The predicted octanol–water partition coefficient (Wildman–Crippen LogP) is 4.24. The van der Waals surface area contributed by atoms with Gasteiger partial charge in [-0.25, -0.2) is 0 Å². The van der Waals surface area contributed by atoms with E-state index in [1.807, 2.05) is 24.3 Å². The molecule has 3 rings (SSSR count). The van der Waals surface area contributed by atoms with Crippen LogP contribution in [0.3, 0.4) is 0 Å². The molecule has 2 nitrogen and oxygen atoms in total. The summed E-state index contributed by atoms with van der Waals surface area (Å²) in [6.45, 7) is 0.932. The molecule has 1 aromatic rings.